The van der Waals surface area contributed by atoms with E-state index in [1.54, 1.807) is 6.07 Å². The van der Waals surface area contributed by atoms with Crippen LogP contribution in [-0.2, 0) is 4.79 Å². The van der Waals surface area contributed by atoms with Crippen LogP contribution < -0.4 is 10.9 Å². The van der Waals surface area contributed by atoms with Crippen LogP contribution in [0.5, 0.6) is 0 Å². The van der Waals surface area contributed by atoms with Crippen LogP contribution in [-0.4, -0.2) is 21.2 Å². The van der Waals surface area contributed by atoms with Crippen molar-refractivity contribution in [1.29, 1.82) is 0 Å². The topological polar surface area (TPSA) is 64.0 Å². The van der Waals surface area contributed by atoms with Crippen LogP contribution in [0.25, 0.3) is 0 Å². The lowest BCUT2D eigenvalue weighted by Gasteiger charge is -2.12. The summed E-state index contributed by atoms with van der Waals surface area (Å²) >= 11 is 1.45. The first kappa shape index (κ1) is 13.8. The predicted molar refractivity (Wildman–Crippen MR) is 77.9 cm³/mol. The van der Waals surface area contributed by atoms with Crippen molar-refractivity contribution in [3.63, 3.8) is 0 Å². The summed E-state index contributed by atoms with van der Waals surface area (Å²) in [5, 5.41) is 3.27. The number of hydrogen-bond acceptors (Lipinski definition) is 4. The zero-order valence-electron chi connectivity index (χ0n) is 11.0. The van der Waals surface area contributed by atoms with Crippen molar-refractivity contribution in [2.75, 3.05) is 11.1 Å². The minimum atomic E-state index is -0.407. The van der Waals surface area contributed by atoms with Crippen LogP contribution in [0.3, 0.4) is 0 Å². The highest BCUT2D eigenvalue weighted by Crippen LogP contribution is 2.31. The predicted octanol–water partition coefficient (Wildman–Crippen LogP) is 2.06. The summed E-state index contributed by atoms with van der Waals surface area (Å²) in [6.07, 6.45) is 1.62. The van der Waals surface area contributed by atoms with Crippen molar-refractivity contribution in [2.45, 2.75) is 17.6 Å². The molecule has 2 heterocycles. The minimum absolute atomic E-state index is 0.155. The number of thioether (sulfide) groups is 1. The summed E-state index contributed by atoms with van der Waals surface area (Å²) in [6, 6.07) is 6.87. The van der Waals surface area contributed by atoms with Gasteiger partial charge in [-0.3, -0.25) is 14.2 Å². The lowest BCUT2D eigenvalue weighted by Crippen LogP contribution is -2.26. The van der Waals surface area contributed by atoms with Gasteiger partial charge in [-0.05, 0) is 18.2 Å². The van der Waals surface area contributed by atoms with Crippen LogP contribution in [0.4, 0.5) is 10.1 Å². The number of rotatable bonds is 3. The van der Waals surface area contributed by atoms with E-state index in [2.05, 4.69) is 10.3 Å². The second-order valence-corrected chi connectivity index (χ2v) is 5.65. The molecule has 0 spiro atoms. The van der Waals surface area contributed by atoms with Gasteiger partial charge in [0.25, 0.3) is 5.56 Å². The highest BCUT2D eigenvalue weighted by Gasteiger charge is 2.26. The quantitative estimate of drug-likeness (QED) is 0.882. The molecule has 0 bridgehead atoms. The molecule has 1 aromatic heterocycles. The Hall–Kier alpha value is -2.15. The molecule has 1 aliphatic heterocycles. The zero-order valence-corrected chi connectivity index (χ0v) is 11.8. The Morgan fingerprint density at radius 1 is 1.48 bits per heavy atom. The second-order valence-electron chi connectivity index (χ2n) is 4.66. The molecule has 0 fully saturated rings. The number of anilines is 1. The van der Waals surface area contributed by atoms with E-state index < -0.39 is 5.82 Å². The van der Waals surface area contributed by atoms with E-state index in [0.717, 1.165) is 0 Å². The Kier molecular flexibility index (Phi) is 3.74. The van der Waals surface area contributed by atoms with Gasteiger partial charge in [0.1, 0.15) is 5.82 Å². The monoisotopic (exact) mass is 305 g/mol. The largest absolute Gasteiger partial charge is 0.326 e. The summed E-state index contributed by atoms with van der Waals surface area (Å²) in [5.41, 5.74) is 0.248. The van der Waals surface area contributed by atoms with Crippen LogP contribution in [0, 0.1) is 5.82 Å². The fourth-order valence-electron chi connectivity index (χ4n) is 2.23. The lowest BCUT2D eigenvalue weighted by atomic mass is 10.2. The van der Waals surface area contributed by atoms with E-state index >= 15 is 0 Å². The maximum absolute atomic E-state index is 13.1. The first-order valence-electron chi connectivity index (χ1n) is 6.39. The van der Waals surface area contributed by atoms with E-state index in [1.807, 2.05) is 0 Å². The molecule has 7 heteroatoms. The molecule has 1 aromatic carbocycles. The van der Waals surface area contributed by atoms with Crippen molar-refractivity contribution in [2.24, 2.45) is 0 Å². The molecular weight excluding hydrogens is 293 g/mol. The fourth-order valence-corrected chi connectivity index (χ4v) is 3.35. The molecule has 1 amide bonds. The molecule has 1 N–H and O–H groups in total. The molecule has 0 saturated heterocycles. The summed E-state index contributed by atoms with van der Waals surface area (Å²) < 4.78 is 14.6. The average molecular weight is 305 g/mol. The first-order chi connectivity index (χ1) is 10.1. The van der Waals surface area contributed by atoms with Gasteiger partial charge < -0.3 is 5.32 Å². The number of aromatic nitrogens is 2. The molecule has 0 aliphatic carbocycles. The highest BCUT2D eigenvalue weighted by molar-refractivity contribution is 7.99. The standard InChI is InChI=1S/C14H12FN3O2S/c15-9-2-1-3-10(6-9)17-12(19)7-11-8-21-14-16-5-4-13(20)18(11)14/h1-6,11H,7-8H2,(H,17,19). The molecule has 0 radical (unpaired) electrons. The maximum atomic E-state index is 13.1. The van der Waals surface area contributed by atoms with E-state index in [9.17, 15) is 14.0 Å². The van der Waals surface area contributed by atoms with Gasteiger partial charge >= 0.3 is 0 Å². The Balaban J connectivity index is 1.71. The minimum Gasteiger partial charge on any atom is -0.326 e. The second kappa shape index (κ2) is 5.69. The molecule has 108 valence electrons. The van der Waals surface area contributed by atoms with Crippen LogP contribution in [0.15, 0.2) is 46.5 Å². The molecule has 1 unspecified atom stereocenters. The van der Waals surface area contributed by atoms with Gasteiger partial charge in [-0.2, -0.15) is 0 Å². The summed E-state index contributed by atoms with van der Waals surface area (Å²) in [5.74, 6) is -0.0344. The molecule has 3 rings (SSSR count). The highest BCUT2D eigenvalue weighted by atomic mass is 32.2. The number of fused-ring (bicyclic) bond motifs is 1. The molecule has 5 nitrogen and oxygen atoms in total. The Morgan fingerprint density at radius 3 is 3.14 bits per heavy atom. The molecule has 1 aliphatic rings. The number of nitrogens with zero attached hydrogens (tertiary/aromatic N) is 2. The van der Waals surface area contributed by atoms with E-state index in [4.69, 9.17) is 0 Å². The summed E-state index contributed by atoms with van der Waals surface area (Å²) in [6.45, 7) is 0. The number of carbonyl (C=O) groups is 1. The summed E-state index contributed by atoms with van der Waals surface area (Å²) in [4.78, 5) is 28.0. The van der Waals surface area contributed by atoms with Gasteiger partial charge in [0.05, 0.1) is 6.04 Å². The fraction of sp³-hybridized carbons (Fsp3) is 0.214. The van der Waals surface area contributed by atoms with E-state index in [-0.39, 0.29) is 23.9 Å². The van der Waals surface area contributed by atoms with E-state index in [1.165, 1.54) is 46.8 Å². The first-order valence-corrected chi connectivity index (χ1v) is 7.38. The van der Waals surface area contributed by atoms with Crippen molar-refractivity contribution >= 4 is 23.4 Å². The molecular formula is C14H12FN3O2S. The van der Waals surface area contributed by atoms with Gasteiger partial charge in [0.15, 0.2) is 5.16 Å². The number of halogens is 1. The third-order valence-corrected chi connectivity index (χ3v) is 4.26. The summed E-state index contributed by atoms with van der Waals surface area (Å²) in [7, 11) is 0. The van der Waals surface area contributed by atoms with Crippen LogP contribution >= 0.6 is 11.8 Å². The van der Waals surface area contributed by atoms with Gasteiger partial charge in [-0.25, -0.2) is 9.37 Å². The smallest absolute Gasteiger partial charge is 0.254 e. The SMILES string of the molecule is O=C(CC1CSc2nccc(=O)n21)Nc1cccc(F)c1. The van der Waals surface area contributed by atoms with Crippen molar-refractivity contribution < 1.29 is 9.18 Å². The molecule has 21 heavy (non-hydrogen) atoms. The Labute approximate surface area is 124 Å². The third-order valence-electron chi connectivity index (χ3n) is 3.14. The van der Waals surface area contributed by atoms with Gasteiger partial charge in [0.2, 0.25) is 5.91 Å². The number of benzene rings is 1. The molecule has 0 saturated carbocycles. The zero-order chi connectivity index (χ0) is 14.8. The van der Waals surface area contributed by atoms with Crippen molar-refractivity contribution in [3.05, 3.63) is 52.7 Å². The van der Waals surface area contributed by atoms with Gasteiger partial charge in [-0.15, -0.1) is 0 Å². The maximum Gasteiger partial charge on any atom is 0.254 e. The Morgan fingerprint density at radius 2 is 2.33 bits per heavy atom. The third kappa shape index (κ3) is 2.97. The normalized spacial score (nSPS) is 16.5. The van der Waals surface area contributed by atoms with Crippen LogP contribution in [0.2, 0.25) is 0 Å². The number of nitrogens with one attached hydrogen (secondary N) is 1. The molecule has 1 atom stereocenters. The molecule has 2 aromatic rings. The Bertz CT molecular complexity index is 747. The number of amides is 1. The van der Waals surface area contributed by atoms with Gasteiger partial charge in [-0.1, -0.05) is 17.8 Å². The lowest BCUT2D eigenvalue weighted by molar-refractivity contribution is -0.116. The van der Waals surface area contributed by atoms with Crippen molar-refractivity contribution in [3.8, 4) is 0 Å². The van der Waals surface area contributed by atoms with Crippen molar-refractivity contribution in [1.82, 2.24) is 9.55 Å². The van der Waals surface area contributed by atoms with Crippen LogP contribution in [0.1, 0.15) is 12.5 Å². The number of carbonyl (C=O) groups excluding carboxylic acids is 1. The number of hydrogen-bond donors (Lipinski definition) is 1. The van der Waals surface area contributed by atoms with E-state index in [0.29, 0.717) is 16.6 Å². The van der Waals surface area contributed by atoms with Gasteiger partial charge in [0, 0.05) is 30.1 Å². The average Bonchev–Trinajstić information content (AvgIpc) is 2.83.